The zero-order valence-corrected chi connectivity index (χ0v) is 13.1. The Bertz CT molecular complexity index is 283. The average Bonchev–Trinajstić information content (AvgIpc) is 2.41. The Labute approximate surface area is 123 Å². The average molecular weight is 281 g/mol. The van der Waals surface area contributed by atoms with E-state index in [1.165, 1.54) is 32.1 Å². The quantitative estimate of drug-likeness (QED) is 0.690. The maximum Gasteiger partial charge on any atom is 0.222 e. The van der Waals surface area contributed by atoms with Gasteiger partial charge in [-0.15, -0.1) is 0 Å². The van der Waals surface area contributed by atoms with Crippen LogP contribution in [0.15, 0.2) is 0 Å². The Balaban J connectivity index is 1.52. The number of unbranched alkanes of at least 4 members (excludes halogenated alkanes) is 5. The molecule has 4 nitrogen and oxygen atoms in total. The molecule has 116 valence electrons. The number of nitrogens with zero attached hydrogens (tertiary/aromatic N) is 2. The summed E-state index contributed by atoms with van der Waals surface area (Å²) in [5, 5.41) is 3.32. The predicted octanol–water partition coefficient (Wildman–Crippen LogP) is 1.85. The van der Waals surface area contributed by atoms with Crippen molar-refractivity contribution in [2.45, 2.75) is 57.9 Å². The third-order valence-electron chi connectivity index (χ3n) is 4.69. The fourth-order valence-corrected chi connectivity index (χ4v) is 3.08. The lowest BCUT2D eigenvalue weighted by Crippen LogP contribution is -2.62. The Hall–Kier alpha value is -0.610. The molecule has 2 aliphatic rings. The largest absolute Gasteiger partial charge is 0.340 e. The van der Waals surface area contributed by atoms with Gasteiger partial charge in [0, 0.05) is 51.7 Å². The maximum absolute atomic E-state index is 12.1. The zero-order valence-electron chi connectivity index (χ0n) is 13.1. The first-order chi connectivity index (χ1) is 9.81. The van der Waals surface area contributed by atoms with Gasteiger partial charge in [-0.3, -0.25) is 9.69 Å². The second-order valence-corrected chi connectivity index (χ2v) is 6.25. The molecule has 0 spiro atoms. The predicted molar refractivity (Wildman–Crippen MR) is 82.8 cm³/mol. The molecular weight excluding hydrogens is 250 g/mol. The molecule has 2 aliphatic heterocycles. The topological polar surface area (TPSA) is 35.6 Å². The van der Waals surface area contributed by atoms with Crippen molar-refractivity contribution >= 4 is 5.91 Å². The van der Waals surface area contributed by atoms with Crippen LogP contribution >= 0.6 is 0 Å². The van der Waals surface area contributed by atoms with Crippen molar-refractivity contribution in [1.82, 2.24) is 15.1 Å². The van der Waals surface area contributed by atoms with Crippen LogP contribution in [0.4, 0.5) is 0 Å². The van der Waals surface area contributed by atoms with Gasteiger partial charge in [-0.25, -0.2) is 0 Å². The lowest BCUT2D eigenvalue weighted by atomic mass is 10.1. The second-order valence-electron chi connectivity index (χ2n) is 6.25. The highest BCUT2D eigenvalue weighted by Crippen LogP contribution is 2.12. The molecule has 20 heavy (non-hydrogen) atoms. The van der Waals surface area contributed by atoms with Gasteiger partial charge in [0.15, 0.2) is 0 Å². The van der Waals surface area contributed by atoms with Crippen molar-refractivity contribution in [2.75, 3.05) is 39.3 Å². The summed E-state index contributed by atoms with van der Waals surface area (Å²) in [5.74, 6) is 0.381. The fraction of sp³-hybridized carbons (Fsp3) is 0.938. The van der Waals surface area contributed by atoms with Crippen molar-refractivity contribution < 1.29 is 4.79 Å². The molecule has 2 fully saturated rings. The van der Waals surface area contributed by atoms with Crippen molar-refractivity contribution in [2.24, 2.45) is 0 Å². The molecule has 2 saturated heterocycles. The van der Waals surface area contributed by atoms with Crippen molar-refractivity contribution in [3.05, 3.63) is 0 Å². The number of amides is 1. The van der Waals surface area contributed by atoms with Gasteiger partial charge in [0.1, 0.15) is 0 Å². The van der Waals surface area contributed by atoms with Gasteiger partial charge in [0.05, 0.1) is 0 Å². The van der Waals surface area contributed by atoms with E-state index in [9.17, 15) is 4.79 Å². The summed E-state index contributed by atoms with van der Waals surface area (Å²) in [6.45, 7) is 8.50. The van der Waals surface area contributed by atoms with E-state index in [0.29, 0.717) is 5.91 Å². The van der Waals surface area contributed by atoms with E-state index >= 15 is 0 Å². The lowest BCUT2D eigenvalue weighted by Gasteiger charge is -2.43. The molecule has 2 heterocycles. The van der Waals surface area contributed by atoms with Crippen LogP contribution in [-0.4, -0.2) is 61.0 Å². The molecule has 0 bridgehead atoms. The number of carbonyl (C=O) groups is 1. The van der Waals surface area contributed by atoms with E-state index in [1.54, 1.807) is 0 Å². The number of rotatable bonds is 8. The molecule has 1 amide bonds. The Morgan fingerprint density at radius 2 is 1.65 bits per heavy atom. The van der Waals surface area contributed by atoms with Crippen LogP contribution in [-0.2, 0) is 4.79 Å². The van der Waals surface area contributed by atoms with E-state index < -0.39 is 0 Å². The first-order valence-electron chi connectivity index (χ1n) is 8.54. The van der Waals surface area contributed by atoms with E-state index in [0.717, 1.165) is 58.2 Å². The van der Waals surface area contributed by atoms with Crippen LogP contribution in [0, 0.1) is 0 Å². The molecule has 0 unspecified atom stereocenters. The SMILES string of the molecule is CCCCCCCCC(=O)N1CCN(C2CNC2)CC1. The second kappa shape index (κ2) is 8.63. The first-order valence-corrected chi connectivity index (χ1v) is 8.54. The summed E-state index contributed by atoms with van der Waals surface area (Å²) >= 11 is 0. The number of hydrogen-bond donors (Lipinski definition) is 1. The highest BCUT2D eigenvalue weighted by Gasteiger charge is 2.28. The monoisotopic (exact) mass is 281 g/mol. The Morgan fingerprint density at radius 1 is 1.00 bits per heavy atom. The van der Waals surface area contributed by atoms with Crippen LogP contribution in [0.5, 0.6) is 0 Å². The van der Waals surface area contributed by atoms with Crippen molar-refractivity contribution in [3.8, 4) is 0 Å². The molecule has 2 rings (SSSR count). The van der Waals surface area contributed by atoms with E-state index in [-0.39, 0.29) is 0 Å². The third kappa shape index (κ3) is 4.74. The minimum atomic E-state index is 0.381. The van der Waals surface area contributed by atoms with Crippen LogP contribution in [0.25, 0.3) is 0 Å². The van der Waals surface area contributed by atoms with Gasteiger partial charge in [-0.2, -0.15) is 0 Å². The maximum atomic E-state index is 12.1. The smallest absolute Gasteiger partial charge is 0.222 e. The van der Waals surface area contributed by atoms with Gasteiger partial charge in [-0.05, 0) is 6.42 Å². The molecule has 1 N–H and O–H groups in total. The molecule has 0 saturated carbocycles. The third-order valence-corrected chi connectivity index (χ3v) is 4.69. The standard InChI is InChI=1S/C16H31N3O/c1-2-3-4-5-6-7-8-16(20)19-11-9-18(10-12-19)15-13-17-14-15/h15,17H,2-14H2,1H3. The fourth-order valence-electron chi connectivity index (χ4n) is 3.08. The van der Waals surface area contributed by atoms with Gasteiger partial charge >= 0.3 is 0 Å². The van der Waals surface area contributed by atoms with Gasteiger partial charge in [0.2, 0.25) is 5.91 Å². The molecule has 0 aromatic heterocycles. The molecule has 0 atom stereocenters. The van der Waals surface area contributed by atoms with E-state index in [2.05, 4.69) is 22.0 Å². The Morgan fingerprint density at radius 3 is 2.25 bits per heavy atom. The zero-order chi connectivity index (χ0) is 14.2. The number of nitrogens with one attached hydrogen (secondary N) is 1. The van der Waals surface area contributed by atoms with Crippen LogP contribution in [0.1, 0.15) is 51.9 Å². The molecular formula is C16H31N3O. The van der Waals surface area contributed by atoms with Gasteiger partial charge in [0.25, 0.3) is 0 Å². The Kier molecular flexibility index (Phi) is 6.80. The van der Waals surface area contributed by atoms with Crippen LogP contribution in [0.3, 0.4) is 0 Å². The van der Waals surface area contributed by atoms with Gasteiger partial charge < -0.3 is 10.2 Å². The summed E-state index contributed by atoms with van der Waals surface area (Å²) in [4.78, 5) is 16.8. The van der Waals surface area contributed by atoms with Crippen LogP contribution < -0.4 is 5.32 Å². The summed E-state index contributed by atoms with van der Waals surface area (Å²) in [6, 6.07) is 0.728. The summed E-state index contributed by atoms with van der Waals surface area (Å²) in [7, 11) is 0. The lowest BCUT2D eigenvalue weighted by molar-refractivity contribution is -0.133. The van der Waals surface area contributed by atoms with Crippen molar-refractivity contribution in [1.29, 1.82) is 0 Å². The van der Waals surface area contributed by atoms with E-state index in [4.69, 9.17) is 0 Å². The molecule has 0 aliphatic carbocycles. The highest BCUT2D eigenvalue weighted by molar-refractivity contribution is 5.76. The molecule has 0 aromatic carbocycles. The summed E-state index contributed by atoms with van der Waals surface area (Å²) < 4.78 is 0. The van der Waals surface area contributed by atoms with E-state index in [1.807, 2.05) is 0 Å². The number of hydrogen-bond acceptors (Lipinski definition) is 3. The molecule has 4 heteroatoms. The summed E-state index contributed by atoms with van der Waals surface area (Å²) in [5.41, 5.74) is 0. The van der Waals surface area contributed by atoms with Gasteiger partial charge in [-0.1, -0.05) is 39.0 Å². The number of carbonyl (C=O) groups excluding carboxylic acids is 1. The molecule has 0 radical (unpaired) electrons. The van der Waals surface area contributed by atoms with Crippen LogP contribution in [0.2, 0.25) is 0 Å². The van der Waals surface area contributed by atoms with Crippen molar-refractivity contribution in [3.63, 3.8) is 0 Å². The number of piperazine rings is 1. The normalized spacial score (nSPS) is 20.9. The summed E-state index contributed by atoms with van der Waals surface area (Å²) in [6.07, 6.45) is 8.32. The minimum Gasteiger partial charge on any atom is -0.340 e. The first kappa shape index (κ1) is 15.8. The highest BCUT2D eigenvalue weighted by atomic mass is 16.2. The minimum absolute atomic E-state index is 0.381. The molecule has 0 aromatic rings.